The highest BCUT2D eigenvalue weighted by atomic mass is 32.2. The number of nitrogens with zero attached hydrogens (tertiary/aromatic N) is 3. The van der Waals surface area contributed by atoms with Crippen LogP contribution in [0.25, 0.3) is 11.0 Å². The first-order valence-corrected chi connectivity index (χ1v) is 11.1. The van der Waals surface area contributed by atoms with Gasteiger partial charge in [-0.3, -0.25) is 10.1 Å². The number of thioether (sulfide) groups is 1. The van der Waals surface area contributed by atoms with Crippen molar-refractivity contribution in [1.29, 1.82) is 0 Å². The molecule has 152 valence electrons. The molecule has 0 atom stereocenters. The number of nitro benzene ring substituents is 1. The highest BCUT2D eigenvalue weighted by molar-refractivity contribution is 7.99. The molecule has 0 amide bonds. The van der Waals surface area contributed by atoms with Crippen LogP contribution in [0.4, 0.5) is 10.1 Å². The van der Waals surface area contributed by atoms with Crippen molar-refractivity contribution in [3.63, 3.8) is 0 Å². The lowest BCUT2D eigenvalue weighted by Gasteiger charge is -2.10. The number of para-hydroxylation sites is 2. The van der Waals surface area contributed by atoms with Gasteiger partial charge < -0.3 is 0 Å². The molecule has 0 bridgehead atoms. The molecule has 0 spiro atoms. The number of nitro groups is 1. The maximum atomic E-state index is 13.5. The average molecular weight is 443 g/mol. The minimum Gasteiger partial charge on any atom is -0.258 e. The van der Waals surface area contributed by atoms with E-state index in [9.17, 15) is 22.9 Å². The normalized spacial score (nSPS) is 11.6. The monoisotopic (exact) mass is 443 g/mol. The number of hydrogen-bond donors (Lipinski definition) is 0. The molecule has 0 fully saturated rings. The molecule has 0 aliphatic rings. The summed E-state index contributed by atoms with van der Waals surface area (Å²) in [6.45, 7) is 0. The first-order chi connectivity index (χ1) is 14.4. The Balaban J connectivity index is 1.82. The van der Waals surface area contributed by atoms with Crippen LogP contribution in [0.1, 0.15) is 5.56 Å². The Morgan fingerprint density at radius 1 is 1.03 bits per heavy atom. The zero-order valence-electron chi connectivity index (χ0n) is 15.3. The van der Waals surface area contributed by atoms with Gasteiger partial charge in [-0.1, -0.05) is 42.1 Å². The molecule has 3 aromatic carbocycles. The van der Waals surface area contributed by atoms with Crippen molar-refractivity contribution in [1.82, 2.24) is 8.96 Å². The first-order valence-electron chi connectivity index (χ1n) is 8.71. The summed E-state index contributed by atoms with van der Waals surface area (Å²) in [4.78, 5) is 14.6. The van der Waals surface area contributed by atoms with Crippen molar-refractivity contribution in [2.75, 3.05) is 0 Å². The van der Waals surface area contributed by atoms with E-state index in [0.29, 0.717) is 22.3 Å². The molecule has 1 heterocycles. The van der Waals surface area contributed by atoms with E-state index < -0.39 is 14.9 Å². The van der Waals surface area contributed by atoms with Crippen LogP contribution in [0, 0.1) is 15.9 Å². The van der Waals surface area contributed by atoms with Crippen LogP contribution in [0.15, 0.2) is 82.8 Å². The third kappa shape index (κ3) is 3.79. The van der Waals surface area contributed by atoms with Crippen LogP contribution in [0.3, 0.4) is 0 Å². The molecule has 30 heavy (non-hydrogen) atoms. The molecule has 0 N–H and O–H groups in total. The van der Waals surface area contributed by atoms with E-state index in [0.717, 1.165) is 21.8 Å². The number of rotatable bonds is 6. The zero-order valence-corrected chi connectivity index (χ0v) is 16.9. The molecule has 0 radical (unpaired) electrons. The van der Waals surface area contributed by atoms with Gasteiger partial charge in [-0.15, -0.1) is 0 Å². The number of benzene rings is 3. The van der Waals surface area contributed by atoms with Crippen LogP contribution in [0.5, 0.6) is 0 Å². The van der Waals surface area contributed by atoms with E-state index in [4.69, 9.17) is 0 Å². The SMILES string of the molecule is O=[N+]([O-])c1cccc(S(=O)(=O)n2c(SCc3cccc(F)c3)nc3ccccc32)c1. The average Bonchev–Trinajstić information content (AvgIpc) is 3.11. The number of imidazole rings is 1. The van der Waals surface area contributed by atoms with E-state index in [1.54, 1.807) is 36.4 Å². The molecule has 0 saturated carbocycles. The van der Waals surface area contributed by atoms with E-state index in [1.807, 2.05) is 0 Å². The molecule has 0 saturated heterocycles. The molecule has 10 heteroatoms. The molecular formula is C20H14FN3O4S2. The molecule has 0 aliphatic heterocycles. The van der Waals surface area contributed by atoms with Gasteiger partial charge >= 0.3 is 0 Å². The van der Waals surface area contributed by atoms with Gasteiger partial charge in [-0.25, -0.2) is 21.8 Å². The smallest absolute Gasteiger partial charge is 0.258 e. The van der Waals surface area contributed by atoms with Crippen molar-refractivity contribution >= 4 is 38.5 Å². The molecule has 0 unspecified atom stereocenters. The Labute approximate surface area is 175 Å². The quantitative estimate of drug-likeness (QED) is 0.245. The Bertz CT molecular complexity index is 1370. The number of non-ortho nitro benzene ring substituents is 1. The molecule has 4 rings (SSSR count). The molecular weight excluding hydrogens is 429 g/mol. The predicted molar refractivity (Wildman–Crippen MR) is 111 cm³/mol. The van der Waals surface area contributed by atoms with Gasteiger partial charge in [0.2, 0.25) is 0 Å². The van der Waals surface area contributed by atoms with Gasteiger partial charge in [-0.05, 0) is 35.9 Å². The maximum Gasteiger partial charge on any atom is 0.270 e. The van der Waals surface area contributed by atoms with Crippen LogP contribution in [0.2, 0.25) is 0 Å². The van der Waals surface area contributed by atoms with Crippen LogP contribution in [-0.2, 0) is 15.8 Å². The lowest BCUT2D eigenvalue weighted by atomic mass is 10.2. The van der Waals surface area contributed by atoms with Crippen molar-refractivity contribution in [3.05, 3.63) is 94.3 Å². The van der Waals surface area contributed by atoms with Gasteiger partial charge in [0.05, 0.1) is 20.9 Å². The summed E-state index contributed by atoms with van der Waals surface area (Å²) in [5.74, 6) is -0.0863. The Morgan fingerprint density at radius 3 is 2.57 bits per heavy atom. The van der Waals surface area contributed by atoms with Gasteiger partial charge in [0.1, 0.15) is 5.82 Å². The van der Waals surface area contributed by atoms with Gasteiger partial charge in [0.15, 0.2) is 5.16 Å². The third-order valence-electron chi connectivity index (χ3n) is 4.31. The Hall–Kier alpha value is -3.24. The number of hydrogen-bond acceptors (Lipinski definition) is 6. The summed E-state index contributed by atoms with van der Waals surface area (Å²) in [6.07, 6.45) is 0. The van der Waals surface area contributed by atoms with Gasteiger partial charge in [-0.2, -0.15) is 0 Å². The van der Waals surface area contributed by atoms with Crippen LogP contribution >= 0.6 is 11.8 Å². The topological polar surface area (TPSA) is 95.1 Å². The standard InChI is InChI=1S/C20H14FN3O4S2/c21-15-6-3-5-14(11-15)13-29-20-22-18-9-1-2-10-19(18)23(20)30(27,28)17-8-4-7-16(12-17)24(25)26/h1-12H,13H2. The summed E-state index contributed by atoms with van der Waals surface area (Å²) in [5, 5.41) is 11.3. The fourth-order valence-electron chi connectivity index (χ4n) is 2.94. The largest absolute Gasteiger partial charge is 0.270 e. The van der Waals surface area contributed by atoms with E-state index in [1.165, 1.54) is 30.3 Å². The van der Waals surface area contributed by atoms with E-state index in [-0.39, 0.29) is 21.6 Å². The first kappa shape index (κ1) is 20.0. The molecule has 4 aromatic rings. The lowest BCUT2D eigenvalue weighted by Crippen LogP contribution is -2.14. The van der Waals surface area contributed by atoms with Gasteiger partial charge in [0.25, 0.3) is 15.7 Å². The van der Waals surface area contributed by atoms with Crippen molar-refractivity contribution in [2.24, 2.45) is 0 Å². The summed E-state index contributed by atoms with van der Waals surface area (Å²) < 4.78 is 41.3. The van der Waals surface area contributed by atoms with Crippen LogP contribution < -0.4 is 0 Å². The number of aromatic nitrogens is 2. The second-order valence-corrected chi connectivity index (χ2v) is 9.05. The second kappa shape index (κ2) is 7.88. The fourth-order valence-corrected chi connectivity index (χ4v) is 5.64. The third-order valence-corrected chi connectivity index (χ3v) is 7.14. The summed E-state index contributed by atoms with van der Waals surface area (Å²) in [6, 6.07) is 17.6. The van der Waals surface area contributed by atoms with Crippen molar-refractivity contribution < 1.29 is 17.7 Å². The van der Waals surface area contributed by atoms with Crippen molar-refractivity contribution in [3.8, 4) is 0 Å². The Kier molecular flexibility index (Phi) is 5.27. The zero-order chi connectivity index (χ0) is 21.3. The highest BCUT2D eigenvalue weighted by Gasteiger charge is 2.26. The van der Waals surface area contributed by atoms with Crippen molar-refractivity contribution in [2.45, 2.75) is 15.8 Å². The number of fused-ring (bicyclic) bond motifs is 1. The van der Waals surface area contributed by atoms with Gasteiger partial charge in [0, 0.05) is 17.9 Å². The second-order valence-electron chi connectivity index (χ2n) is 6.33. The van der Waals surface area contributed by atoms with E-state index in [2.05, 4.69) is 4.98 Å². The fraction of sp³-hybridized carbons (Fsp3) is 0.0500. The maximum absolute atomic E-state index is 13.5. The summed E-state index contributed by atoms with van der Waals surface area (Å²) >= 11 is 1.14. The molecule has 7 nitrogen and oxygen atoms in total. The molecule has 1 aromatic heterocycles. The van der Waals surface area contributed by atoms with E-state index >= 15 is 0 Å². The number of halogens is 1. The predicted octanol–water partition coefficient (Wildman–Crippen LogP) is 4.61. The minimum atomic E-state index is -4.17. The molecule has 0 aliphatic carbocycles. The summed E-state index contributed by atoms with van der Waals surface area (Å²) in [5.41, 5.74) is 1.17. The lowest BCUT2D eigenvalue weighted by molar-refractivity contribution is -0.385. The minimum absolute atomic E-state index is 0.187. The highest BCUT2D eigenvalue weighted by Crippen LogP contribution is 2.31. The Morgan fingerprint density at radius 2 is 1.80 bits per heavy atom. The summed E-state index contributed by atoms with van der Waals surface area (Å²) in [7, 11) is -4.17. The van der Waals surface area contributed by atoms with Crippen LogP contribution in [-0.4, -0.2) is 22.3 Å².